The monoisotopic (exact) mass is 745 g/mol. The zero-order chi connectivity index (χ0) is 37.7. The van der Waals surface area contributed by atoms with E-state index in [1.54, 1.807) is 0 Å². The van der Waals surface area contributed by atoms with Crippen LogP contribution in [0.3, 0.4) is 0 Å². The Balaban J connectivity index is 0.978. The van der Waals surface area contributed by atoms with Crippen molar-refractivity contribution in [1.82, 2.24) is 0 Å². The van der Waals surface area contributed by atoms with Crippen LogP contribution in [0.2, 0.25) is 0 Å². The third kappa shape index (κ3) is 5.88. The summed E-state index contributed by atoms with van der Waals surface area (Å²) in [5.74, 6) is 0. The number of nitrogens with zero attached hydrogens (tertiary/aromatic N) is 1. The van der Waals surface area contributed by atoms with Gasteiger partial charge in [0, 0.05) is 53.6 Å². The molecule has 2 aromatic heterocycles. The van der Waals surface area contributed by atoms with Crippen LogP contribution in [0.25, 0.3) is 86.6 Å². The van der Waals surface area contributed by atoms with Gasteiger partial charge in [-0.1, -0.05) is 152 Å². The number of hydrogen-bond donors (Lipinski definition) is 0. The maximum atomic E-state index is 6.12. The Morgan fingerprint density at radius 1 is 0.316 bits per heavy atom. The van der Waals surface area contributed by atoms with Crippen molar-refractivity contribution in [2.24, 2.45) is 0 Å². The number of fused-ring (bicyclic) bond motifs is 6. The highest BCUT2D eigenvalue weighted by atomic mass is 32.1. The predicted molar refractivity (Wildman–Crippen MR) is 243 cm³/mol. The van der Waals surface area contributed by atoms with Crippen molar-refractivity contribution in [3.8, 4) is 44.5 Å². The first-order valence-electron chi connectivity index (χ1n) is 19.3. The SMILES string of the molecule is c1ccc(-c2ccc(N(c3ccc(-c4ccc5oc6ccccc6c5c4)cc3)c3ccc(-c4ccccc4-c4cccc5c4sc4ccccc45)cc3)cc2)cc1. The first-order valence-corrected chi connectivity index (χ1v) is 20.1. The molecule has 11 rings (SSSR count). The second kappa shape index (κ2) is 13.8. The van der Waals surface area contributed by atoms with Gasteiger partial charge in [0.2, 0.25) is 0 Å². The van der Waals surface area contributed by atoms with Crippen LogP contribution in [0, 0.1) is 0 Å². The molecule has 0 amide bonds. The maximum Gasteiger partial charge on any atom is 0.135 e. The van der Waals surface area contributed by atoms with Crippen molar-refractivity contribution in [3.05, 3.63) is 212 Å². The standard InChI is InChI=1S/C54H35NOS/c1-2-11-36(12-3-1)37-21-28-41(29-22-37)55(42-30-23-38(24-31-42)40-27-34-52-50(35-40)46-15-6-8-19-51(46)56-52)43-32-25-39(26-33-43)44-13-4-5-14-45(44)48-17-10-18-49-47-16-7-9-20-53(47)57-54(48)49/h1-35H. The van der Waals surface area contributed by atoms with Crippen LogP contribution >= 0.6 is 11.3 Å². The predicted octanol–water partition coefficient (Wildman–Crippen LogP) is 16.1. The van der Waals surface area contributed by atoms with Gasteiger partial charge in [0.25, 0.3) is 0 Å². The molecule has 9 aromatic carbocycles. The van der Waals surface area contributed by atoms with Crippen molar-refractivity contribution >= 4 is 70.5 Å². The average Bonchev–Trinajstić information content (AvgIpc) is 3.86. The van der Waals surface area contributed by atoms with Gasteiger partial charge in [-0.2, -0.15) is 0 Å². The number of rotatable bonds is 7. The minimum atomic E-state index is 0.907. The van der Waals surface area contributed by atoms with Gasteiger partial charge in [0.15, 0.2) is 0 Å². The van der Waals surface area contributed by atoms with Gasteiger partial charge in [-0.15, -0.1) is 11.3 Å². The quantitative estimate of drug-likeness (QED) is 0.162. The number of benzene rings is 9. The molecule has 2 nitrogen and oxygen atoms in total. The second-order valence-corrected chi connectivity index (χ2v) is 15.5. The van der Waals surface area contributed by atoms with Crippen LogP contribution in [-0.4, -0.2) is 0 Å². The Bertz CT molecular complexity index is 3210. The van der Waals surface area contributed by atoms with Gasteiger partial charge in [-0.3, -0.25) is 0 Å². The molecule has 0 spiro atoms. The van der Waals surface area contributed by atoms with E-state index in [0.717, 1.165) is 50.1 Å². The van der Waals surface area contributed by atoms with Gasteiger partial charge < -0.3 is 9.32 Å². The molecule has 0 saturated carbocycles. The lowest BCUT2D eigenvalue weighted by Gasteiger charge is -2.26. The van der Waals surface area contributed by atoms with Gasteiger partial charge in [0.1, 0.15) is 11.2 Å². The molecule has 2 heterocycles. The number of thiophene rings is 1. The normalized spacial score (nSPS) is 11.5. The van der Waals surface area contributed by atoms with E-state index in [-0.39, 0.29) is 0 Å². The van der Waals surface area contributed by atoms with E-state index in [2.05, 4.69) is 205 Å². The van der Waals surface area contributed by atoms with Crippen LogP contribution in [-0.2, 0) is 0 Å². The van der Waals surface area contributed by atoms with Crippen LogP contribution < -0.4 is 4.90 Å². The highest BCUT2D eigenvalue weighted by Crippen LogP contribution is 2.44. The molecular weight excluding hydrogens is 711 g/mol. The molecule has 0 aliphatic carbocycles. The zero-order valence-electron chi connectivity index (χ0n) is 31.0. The summed E-state index contributed by atoms with van der Waals surface area (Å²) in [6.07, 6.45) is 0. The third-order valence-corrected chi connectivity index (χ3v) is 12.3. The number of para-hydroxylation sites is 1. The molecule has 0 unspecified atom stereocenters. The Hall–Kier alpha value is -7.20. The van der Waals surface area contributed by atoms with Crippen LogP contribution in [0.1, 0.15) is 0 Å². The molecule has 0 aliphatic rings. The lowest BCUT2D eigenvalue weighted by molar-refractivity contribution is 0.669. The summed E-state index contributed by atoms with van der Waals surface area (Å²) in [7, 11) is 0. The van der Waals surface area contributed by atoms with E-state index in [9.17, 15) is 0 Å². The molecule has 0 atom stereocenters. The lowest BCUT2D eigenvalue weighted by Crippen LogP contribution is -2.09. The van der Waals surface area contributed by atoms with E-state index in [1.807, 2.05) is 23.5 Å². The summed E-state index contributed by atoms with van der Waals surface area (Å²) in [4.78, 5) is 2.35. The average molecular weight is 746 g/mol. The Morgan fingerprint density at radius 3 is 1.56 bits per heavy atom. The Labute approximate surface area is 335 Å². The van der Waals surface area contributed by atoms with E-state index in [1.165, 1.54) is 53.6 Å². The minimum absolute atomic E-state index is 0.907. The second-order valence-electron chi connectivity index (χ2n) is 14.5. The van der Waals surface area contributed by atoms with E-state index < -0.39 is 0 Å². The minimum Gasteiger partial charge on any atom is -0.456 e. The molecule has 0 aliphatic heterocycles. The summed E-state index contributed by atoms with van der Waals surface area (Å²) in [6.45, 7) is 0. The van der Waals surface area contributed by atoms with Crippen LogP contribution in [0.4, 0.5) is 17.1 Å². The zero-order valence-corrected chi connectivity index (χ0v) is 31.8. The van der Waals surface area contributed by atoms with E-state index in [0.29, 0.717) is 0 Å². The molecule has 0 N–H and O–H groups in total. The number of hydrogen-bond acceptors (Lipinski definition) is 3. The number of furan rings is 1. The third-order valence-electron chi connectivity index (χ3n) is 11.1. The summed E-state index contributed by atoms with van der Waals surface area (Å²) in [5, 5.41) is 4.90. The van der Waals surface area contributed by atoms with Crippen molar-refractivity contribution in [3.63, 3.8) is 0 Å². The molecule has 0 radical (unpaired) electrons. The number of anilines is 3. The molecular formula is C54H35NOS. The fraction of sp³-hybridized carbons (Fsp3) is 0. The molecule has 11 aromatic rings. The highest BCUT2D eigenvalue weighted by molar-refractivity contribution is 7.26. The highest BCUT2D eigenvalue weighted by Gasteiger charge is 2.17. The molecule has 268 valence electrons. The summed E-state index contributed by atoms with van der Waals surface area (Å²) in [5.41, 5.74) is 14.7. The van der Waals surface area contributed by atoms with Crippen molar-refractivity contribution in [2.75, 3.05) is 4.90 Å². The summed E-state index contributed by atoms with van der Waals surface area (Å²) >= 11 is 1.88. The Kier molecular flexibility index (Phi) is 8.04. The molecule has 3 heteroatoms. The summed E-state index contributed by atoms with van der Waals surface area (Å²) in [6, 6.07) is 76.4. The van der Waals surface area contributed by atoms with Crippen LogP contribution in [0.15, 0.2) is 217 Å². The van der Waals surface area contributed by atoms with Gasteiger partial charge >= 0.3 is 0 Å². The molecule has 57 heavy (non-hydrogen) atoms. The Morgan fingerprint density at radius 2 is 0.825 bits per heavy atom. The fourth-order valence-corrected chi connectivity index (χ4v) is 9.54. The van der Waals surface area contributed by atoms with E-state index >= 15 is 0 Å². The smallest absolute Gasteiger partial charge is 0.135 e. The van der Waals surface area contributed by atoms with Gasteiger partial charge in [-0.25, -0.2) is 0 Å². The lowest BCUT2D eigenvalue weighted by atomic mass is 9.93. The van der Waals surface area contributed by atoms with Gasteiger partial charge in [0.05, 0.1) is 0 Å². The largest absolute Gasteiger partial charge is 0.456 e. The van der Waals surface area contributed by atoms with E-state index in [4.69, 9.17) is 4.42 Å². The van der Waals surface area contributed by atoms with Crippen molar-refractivity contribution in [2.45, 2.75) is 0 Å². The van der Waals surface area contributed by atoms with Gasteiger partial charge in [-0.05, 0) is 99.6 Å². The van der Waals surface area contributed by atoms with Crippen LogP contribution in [0.5, 0.6) is 0 Å². The topological polar surface area (TPSA) is 16.4 Å². The fourth-order valence-electron chi connectivity index (χ4n) is 8.31. The maximum absolute atomic E-state index is 6.12. The summed E-state index contributed by atoms with van der Waals surface area (Å²) < 4.78 is 8.76. The molecule has 0 saturated heterocycles. The first-order chi connectivity index (χ1) is 28.2. The first kappa shape index (κ1) is 33.2. The molecule has 0 bridgehead atoms. The van der Waals surface area contributed by atoms with Crippen molar-refractivity contribution in [1.29, 1.82) is 0 Å². The van der Waals surface area contributed by atoms with Crippen molar-refractivity contribution < 1.29 is 4.42 Å². The molecule has 0 fully saturated rings.